The van der Waals surface area contributed by atoms with Crippen LogP contribution in [0.3, 0.4) is 0 Å². The van der Waals surface area contributed by atoms with Gasteiger partial charge in [-0.05, 0) is 85.3 Å². The molecule has 2 heterocycles. The van der Waals surface area contributed by atoms with Crippen LogP contribution in [0.2, 0.25) is 0 Å². The summed E-state index contributed by atoms with van der Waals surface area (Å²) >= 11 is 3.86. The highest BCUT2D eigenvalue weighted by Crippen LogP contribution is 2.46. The lowest BCUT2D eigenvalue weighted by Gasteiger charge is -2.08. The van der Waals surface area contributed by atoms with E-state index in [1.165, 1.54) is 84.5 Å². The lowest BCUT2D eigenvalue weighted by Crippen LogP contribution is -1.82. The zero-order valence-electron chi connectivity index (χ0n) is 22.7. The van der Waals surface area contributed by atoms with Crippen LogP contribution < -0.4 is 0 Å². The van der Waals surface area contributed by atoms with Crippen LogP contribution in [-0.4, -0.2) is 0 Å². The molecule has 0 atom stereocenters. The third kappa shape index (κ3) is 3.88. The summed E-state index contributed by atoms with van der Waals surface area (Å²) in [6, 6.07) is 53.5. The van der Waals surface area contributed by atoms with Gasteiger partial charge in [-0.1, -0.05) is 115 Å². The highest BCUT2D eigenvalue weighted by atomic mass is 32.1. The molecule has 0 N–H and O–H groups in total. The molecule has 0 fully saturated rings. The van der Waals surface area contributed by atoms with E-state index >= 15 is 0 Å². The number of rotatable bonds is 3. The van der Waals surface area contributed by atoms with Crippen LogP contribution in [0.25, 0.3) is 84.5 Å². The van der Waals surface area contributed by atoms with Crippen LogP contribution in [0.5, 0.6) is 0 Å². The van der Waals surface area contributed by atoms with Gasteiger partial charge in [0.15, 0.2) is 0 Å². The first-order valence-electron chi connectivity index (χ1n) is 14.2. The van der Waals surface area contributed by atoms with Crippen LogP contribution in [0.4, 0.5) is 0 Å². The number of thiophene rings is 2. The van der Waals surface area contributed by atoms with E-state index in [0.717, 1.165) is 0 Å². The SMILES string of the molecule is c1ccc(-c2ccc(-c3ccc(-c4ccc5cc6c(cc5c4)sc4c5cc7ccccc7cc5sc64)cc3)cc2)cc1. The zero-order chi connectivity index (χ0) is 27.6. The molecule has 0 radical (unpaired) electrons. The quantitative estimate of drug-likeness (QED) is 0.199. The van der Waals surface area contributed by atoms with Gasteiger partial charge >= 0.3 is 0 Å². The summed E-state index contributed by atoms with van der Waals surface area (Å²) in [5.74, 6) is 0. The van der Waals surface area contributed by atoms with E-state index < -0.39 is 0 Å². The Labute approximate surface area is 251 Å². The zero-order valence-corrected chi connectivity index (χ0v) is 24.3. The van der Waals surface area contributed by atoms with Gasteiger partial charge in [0.1, 0.15) is 0 Å². The number of hydrogen-bond acceptors (Lipinski definition) is 2. The largest absolute Gasteiger partial charge is 0.134 e. The fourth-order valence-corrected chi connectivity index (χ4v) is 8.90. The lowest BCUT2D eigenvalue weighted by molar-refractivity contribution is 1.58. The molecule has 9 rings (SSSR count). The van der Waals surface area contributed by atoms with E-state index in [2.05, 4.69) is 146 Å². The smallest absolute Gasteiger partial charge is 0.0542 e. The summed E-state index contributed by atoms with van der Waals surface area (Å²) in [6.07, 6.45) is 0. The summed E-state index contributed by atoms with van der Waals surface area (Å²) in [5, 5.41) is 7.98. The standard InChI is InChI=1S/C40H24S2/c1-2-6-25(7-3-1)26-10-12-27(13-11-26)28-14-16-29(17-15-28)32-18-19-33-22-36-38(24-34(33)20-32)42-39-35-21-30-8-4-5-9-31(30)23-37(35)41-40(36)39/h1-24H. The molecule has 0 spiro atoms. The van der Waals surface area contributed by atoms with Gasteiger partial charge in [0.05, 0.1) is 9.40 Å². The maximum Gasteiger partial charge on any atom is 0.0542 e. The third-order valence-electron chi connectivity index (χ3n) is 8.45. The fourth-order valence-electron chi connectivity index (χ4n) is 6.21. The predicted octanol–water partition coefficient (Wildman–Crippen LogP) is 12.6. The monoisotopic (exact) mass is 568 g/mol. The molecule has 196 valence electrons. The minimum Gasteiger partial charge on any atom is -0.134 e. The molecule has 2 aromatic heterocycles. The molecular formula is C40H24S2. The fraction of sp³-hybridized carbons (Fsp3) is 0. The minimum atomic E-state index is 1.24. The molecule has 7 aromatic carbocycles. The van der Waals surface area contributed by atoms with Gasteiger partial charge in [-0.15, -0.1) is 22.7 Å². The average molecular weight is 569 g/mol. The van der Waals surface area contributed by atoms with Crippen LogP contribution in [0.15, 0.2) is 146 Å². The Hall–Kier alpha value is -4.76. The van der Waals surface area contributed by atoms with Crippen molar-refractivity contribution in [2.45, 2.75) is 0 Å². The molecular weight excluding hydrogens is 545 g/mol. The highest BCUT2D eigenvalue weighted by Gasteiger charge is 2.14. The van der Waals surface area contributed by atoms with Crippen molar-refractivity contribution >= 4 is 73.8 Å². The van der Waals surface area contributed by atoms with Crippen molar-refractivity contribution < 1.29 is 0 Å². The van der Waals surface area contributed by atoms with Crippen molar-refractivity contribution in [2.24, 2.45) is 0 Å². The van der Waals surface area contributed by atoms with Crippen LogP contribution >= 0.6 is 22.7 Å². The molecule has 0 aliphatic rings. The minimum absolute atomic E-state index is 1.24. The first-order valence-corrected chi connectivity index (χ1v) is 15.9. The molecule has 0 aliphatic carbocycles. The van der Waals surface area contributed by atoms with Gasteiger partial charge in [-0.3, -0.25) is 0 Å². The van der Waals surface area contributed by atoms with Gasteiger partial charge in [0, 0.05) is 20.2 Å². The van der Waals surface area contributed by atoms with Crippen molar-refractivity contribution in [1.82, 2.24) is 0 Å². The maximum atomic E-state index is 2.39. The normalized spacial score (nSPS) is 11.8. The summed E-state index contributed by atoms with van der Waals surface area (Å²) in [7, 11) is 0. The molecule has 42 heavy (non-hydrogen) atoms. The van der Waals surface area contributed by atoms with Crippen LogP contribution in [-0.2, 0) is 0 Å². The highest BCUT2D eigenvalue weighted by molar-refractivity contribution is 7.36. The van der Waals surface area contributed by atoms with Gasteiger partial charge < -0.3 is 0 Å². The third-order valence-corrected chi connectivity index (χ3v) is 11.0. The van der Waals surface area contributed by atoms with E-state index in [4.69, 9.17) is 0 Å². The Balaban J connectivity index is 1.06. The summed E-state index contributed by atoms with van der Waals surface area (Å²) in [4.78, 5) is 0. The van der Waals surface area contributed by atoms with Crippen LogP contribution in [0, 0.1) is 0 Å². The second-order valence-corrected chi connectivity index (χ2v) is 13.1. The number of hydrogen-bond donors (Lipinski definition) is 0. The van der Waals surface area contributed by atoms with E-state index in [-0.39, 0.29) is 0 Å². The lowest BCUT2D eigenvalue weighted by atomic mass is 9.97. The molecule has 9 aromatic rings. The van der Waals surface area contributed by atoms with Crippen LogP contribution in [0.1, 0.15) is 0 Å². The van der Waals surface area contributed by atoms with Crippen molar-refractivity contribution in [2.75, 3.05) is 0 Å². The number of fused-ring (bicyclic) bond motifs is 7. The maximum absolute atomic E-state index is 2.39. The van der Waals surface area contributed by atoms with Crippen molar-refractivity contribution in [3.05, 3.63) is 146 Å². The first-order chi connectivity index (χ1) is 20.8. The second-order valence-electron chi connectivity index (χ2n) is 11.0. The number of benzene rings is 7. The predicted molar refractivity (Wildman–Crippen MR) is 186 cm³/mol. The van der Waals surface area contributed by atoms with Gasteiger partial charge in [0.25, 0.3) is 0 Å². The molecule has 0 bridgehead atoms. The summed E-state index contributed by atoms with van der Waals surface area (Å²) in [6.45, 7) is 0. The Morgan fingerprint density at radius 1 is 0.286 bits per heavy atom. The Morgan fingerprint density at radius 2 is 0.690 bits per heavy atom. The second kappa shape index (κ2) is 9.39. The summed E-state index contributed by atoms with van der Waals surface area (Å²) in [5.41, 5.74) is 7.46. The topological polar surface area (TPSA) is 0 Å². The molecule has 0 amide bonds. The Bertz CT molecular complexity index is 2420. The molecule has 0 saturated heterocycles. The van der Waals surface area contributed by atoms with E-state index in [1.54, 1.807) is 0 Å². The molecule has 0 aliphatic heterocycles. The van der Waals surface area contributed by atoms with Gasteiger partial charge in [-0.2, -0.15) is 0 Å². The van der Waals surface area contributed by atoms with E-state index in [9.17, 15) is 0 Å². The Kier molecular flexibility index (Phi) is 5.34. The van der Waals surface area contributed by atoms with Gasteiger partial charge in [0.2, 0.25) is 0 Å². The van der Waals surface area contributed by atoms with E-state index in [0.29, 0.717) is 0 Å². The van der Waals surface area contributed by atoms with Gasteiger partial charge in [-0.25, -0.2) is 0 Å². The van der Waals surface area contributed by atoms with Crippen molar-refractivity contribution in [1.29, 1.82) is 0 Å². The van der Waals surface area contributed by atoms with E-state index in [1.807, 2.05) is 22.7 Å². The van der Waals surface area contributed by atoms with Crippen molar-refractivity contribution in [3.63, 3.8) is 0 Å². The average Bonchev–Trinajstić information content (AvgIpc) is 3.58. The molecule has 0 saturated carbocycles. The first kappa shape index (κ1) is 23.9. The molecule has 0 nitrogen and oxygen atoms in total. The summed E-state index contributed by atoms with van der Waals surface area (Å²) < 4.78 is 5.57. The molecule has 2 heteroatoms. The van der Waals surface area contributed by atoms with Crippen molar-refractivity contribution in [3.8, 4) is 33.4 Å². The molecule has 0 unspecified atom stereocenters. The Morgan fingerprint density at radius 3 is 1.26 bits per heavy atom.